The lowest BCUT2D eigenvalue weighted by molar-refractivity contribution is 0.119. The molecule has 27 heavy (non-hydrogen) atoms. The summed E-state index contributed by atoms with van der Waals surface area (Å²) >= 11 is 3.28. The Labute approximate surface area is 167 Å². The number of aromatic nitrogens is 2. The van der Waals surface area contributed by atoms with Gasteiger partial charge in [-0.3, -0.25) is 0 Å². The fourth-order valence-electron chi connectivity index (χ4n) is 2.98. The first-order chi connectivity index (χ1) is 12.9. The second kappa shape index (κ2) is 8.53. The number of sulfonamides is 1. The number of hydrogen-bond acceptors (Lipinski definition) is 6. The monoisotopic (exact) mass is 455 g/mol. The van der Waals surface area contributed by atoms with Crippen LogP contribution in [-0.4, -0.2) is 48.5 Å². The van der Waals surface area contributed by atoms with Crippen molar-refractivity contribution in [2.75, 3.05) is 19.7 Å². The summed E-state index contributed by atoms with van der Waals surface area (Å²) in [6.45, 7) is 5.02. The number of aryl methyl sites for hydroxylation is 1. The predicted molar refractivity (Wildman–Crippen MR) is 104 cm³/mol. The Morgan fingerprint density at radius 1 is 1.30 bits per heavy atom. The first-order valence-corrected chi connectivity index (χ1v) is 11.0. The minimum Gasteiger partial charge on any atom is -0.494 e. The zero-order valence-corrected chi connectivity index (χ0v) is 17.7. The van der Waals surface area contributed by atoms with Gasteiger partial charge in [-0.2, -0.15) is 4.31 Å². The molecular weight excluding hydrogens is 434 g/mol. The Morgan fingerprint density at radius 2 is 2.04 bits per heavy atom. The van der Waals surface area contributed by atoms with Crippen LogP contribution in [0.4, 0.5) is 0 Å². The second-order valence-electron chi connectivity index (χ2n) is 6.29. The van der Waals surface area contributed by atoms with Gasteiger partial charge in [0.2, 0.25) is 10.0 Å². The van der Waals surface area contributed by atoms with Crippen LogP contribution in [0, 0.1) is 6.92 Å². The van der Waals surface area contributed by atoms with E-state index in [1.165, 1.54) is 4.31 Å². The molecule has 1 aromatic heterocycles. The van der Waals surface area contributed by atoms with E-state index in [2.05, 4.69) is 25.9 Å². The van der Waals surface area contributed by atoms with Crippen LogP contribution < -0.4 is 9.47 Å². The van der Waals surface area contributed by atoms with Gasteiger partial charge in [0.1, 0.15) is 11.9 Å². The summed E-state index contributed by atoms with van der Waals surface area (Å²) in [6.07, 6.45) is 4.40. The lowest BCUT2D eigenvalue weighted by Gasteiger charge is -2.31. The fraction of sp³-hybridized carbons (Fsp3) is 0.444. The summed E-state index contributed by atoms with van der Waals surface area (Å²) in [5.74, 6) is 0.698. The lowest BCUT2D eigenvalue weighted by Crippen LogP contribution is -2.44. The standard InChI is InChI=1S/C18H22BrN3O4S/c1-3-25-17-7-6-16(9-13(17)2)27(23,24)22-8-4-5-15(12-22)26-18-20-10-14(19)11-21-18/h6-7,9-11,15H,3-5,8,12H2,1-2H3. The van der Waals surface area contributed by atoms with E-state index in [0.717, 1.165) is 22.9 Å². The minimum atomic E-state index is -3.60. The molecule has 2 heterocycles. The molecule has 7 nitrogen and oxygen atoms in total. The fourth-order valence-corrected chi connectivity index (χ4v) is 4.78. The van der Waals surface area contributed by atoms with Crippen LogP contribution in [0.15, 0.2) is 40.0 Å². The largest absolute Gasteiger partial charge is 0.494 e. The lowest BCUT2D eigenvalue weighted by atomic mass is 10.1. The number of rotatable bonds is 6. The molecule has 0 bridgehead atoms. The van der Waals surface area contributed by atoms with E-state index < -0.39 is 10.0 Å². The summed E-state index contributed by atoms with van der Waals surface area (Å²) in [6, 6.07) is 5.21. The van der Waals surface area contributed by atoms with E-state index in [4.69, 9.17) is 9.47 Å². The first-order valence-electron chi connectivity index (χ1n) is 8.78. The topological polar surface area (TPSA) is 81.6 Å². The highest BCUT2D eigenvalue weighted by Gasteiger charge is 2.31. The van der Waals surface area contributed by atoms with Crippen molar-refractivity contribution in [1.82, 2.24) is 14.3 Å². The molecule has 1 unspecified atom stereocenters. The van der Waals surface area contributed by atoms with Crippen molar-refractivity contribution in [3.63, 3.8) is 0 Å². The smallest absolute Gasteiger partial charge is 0.316 e. The number of ether oxygens (including phenoxy) is 2. The van der Waals surface area contributed by atoms with Crippen molar-refractivity contribution >= 4 is 26.0 Å². The van der Waals surface area contributed by atoms with Crippen LogP contribution in [0.1, 0.15) is 25.3 Å². The average Bonchev–Trinajstić information content (AvgIpc) is 2.65. The third-order valence-corrected chi connectivity index (χ3v) is 6.56. The zero-order valence-electron chi connectivity index (χ0n) is 15.3. The quantitative estimate of drug-likeness (QED) is 0.664. The highest BCUT2D eigenvalue weighted by molar-refractivity contribution is 9.10. The third kappa shape index (κ3) is 4.77. The van der Waals surface area contributed by atoms with E-state index >= 15 is 0 Å². The maximum atomic E-state index is 13.0. The molecular formula is C18H22BrN3O4S. The molecule has 1 aliphatic heterocycles. The molecule has 3 rings (SSSR count). The van der Waals surface area contributed by atoms with Crippen molar-refractivity contribution in [2.45, 2.75) is 37.7 Å². The van der Waals surface area contributed by atoms with E-state index in [1.54, 1.807) is 30.6 Å². The van der Waals surface area contributed by atoms with Crippen molar-refractivity contribution in [1.29, 1.82) is 0 Å². The number of benzene rings is 1. The van der Waals surface area contributed by atoms with Gasteiger partial charge in [-0.1, -0.05) is 0 Å². The molecule has 146 valence electrons. The molecule has 0 radical (unpaired) electrons. The van der Waals surface area contributed by atoms with Crippen LogP contribution in [0.2, 0.25) is 0 Å². The van der Waals surface area contributed by atoms with Crippen molar-refractivity contribution in [3.05, 3.63) is 40.6 Å². The molecule has 1 aromatic carbocycles. The minimum absolute atomic E-state index is 0.249. The molecule has 0 saturated carbocycles. The molecule has 0 aliphatic carbocycles. The molecule has 1 atom stereocenters. The van der Waals surface area contributed by atoms with Gasteiger partial charge in [0, 0.05) is 18.9 Å². The highest BCUT2D eigenvalue weighted by Crippen LogP contribution is 2.26. The van der Waals surface area contributed by atoms with Crippen LogP contribution in [0.3, 0.4) is 0 Å². The first kappa shape index (κ1) is 20.0. The summed E-state index contributed by atoms with van der Waals surface area (Å²) in [4.78, 5) is 8.46. The van der Waals surface area contributed by atoms with Gasteiger partial charge in [0.25, 0.3) is 0 Å². The number of piperidine rings is 1. The van der Waals surface area contributed by atoms with E-state index in [1.807, 2.05) is 13.8 Å². The number of nitrogens with zero attached hydrogens (tertiary/aromatic N) is 3. The molecule has 1 aliphatic rings. The Bertz CT molecular complexity index is 890. The Kier molecular flexibility index (Phi) is 6.33. The van der Waals surface area contributed by atoms with E-state index in [0.29, 0.717) is 18.9 Å². The second-order valence-corrected chi connectivity index (χ2v) is 9.14. The number of halogens is 1. The summed E-state index contributed by atoms with van der Waals surface area (Å²) in [5.41, 5.74) is 0.797. The Morgan fingerprint density at radius 3 is 2.70 bits per heavy atom. The van der Waals surface area contributed by atoms with Crippen molar-refractivity contribution in [3.8, 4) is 11.8 Å². The molecule has 0 amide bonds. The Hall–Kier alpha value is -1.71. The number of hydrogen-bond donors (Lipinski definition) is 0. The molecule has 0 N–H and O–H groups in total. The van der Waals surface area contributed by atoms with Gasteiger partial charge in [-0.15, -0.1) is 0 Å². The van der Waals surface area contributed by atoms with Gasteiger partial charge in [-0.05, 0) is 66.4 Å². The summed E-state index contributed by atoms with van der Waals surface area (Å²) in [7, 11) is -3.60. The highest BCUT2D eigenvalue weighted by atomic mass is 79.9. The van der Waals surface area contributed by atoms with Crippen LogP contribution in [0.5, 0.6) is 11.8 Å². The van der Waals surface area contributed by atoms with Gasteiger partial charge in [0.15, 0.2) is 0 Å². The molecule has 9 heteroatoms. The van der Waals surface area contributed by atoms with Gasteiger partial charge in [-0.25, -0.2) is 18.4 Å². The van der Waals surface area contributed by atoms with Gasteiger partial charge < -0.3 is 9.47 Å². The van der Waals surface area contributed by atoms with Crippen LogP contribution >= 0.6 is 15.9 Å². The zero-order chi connectivity index (χ0) is 19.4. The maximum absolute atomic E-state index is 13.0. The van der Waals surface area contributed by atoms with Crippen LogP contribution in [0.25, 0.3) is 0 Å². The average molecular weight is 456 g/mol. The third-order valence-electron chi connectivity index (χ3n) is 4.29. The SMILES string of the molecule is CCOc1ccc(S(=O)(=O)N2CCCC(Oc3ncc(Br)cn3)C2)cc1C. The molecule has 2 aromatic rings. The summed E-state index contributed by atoms with van der Waals surface area (Å²) < 4.78 is 39.6. The van der Waals surface area contributed by atoms with E-state index in [-0.39, 0.29) is 23.6 Å². The Balaban J connectivity index is 1.74. The van der Waals surface area contributed by atoms with Crippen molar-refractivity contribution in [2.24, 2.45) is 0 Å². The normalized spacial score (nSPS) is 18.3. The van der Waals surface area contributed by atoms with Crippen LogP contribution in [-0.2, 0) is 10.0 Å². The maximum Gasteiger partial charge on any atom is 0.316 e. The molecule has 0 spiro atoms. The van der Waals surface area contributed by atoms with Crippen molar-refractivity contribution < 1.29 is 17.9 Å². The summed E-state index contributed by atoms with van der Waals surface area (Å²) in [5, 5.41) is 0. The molecule has 1 fully saturated rings. The van der Waals surface area contributed by atoms with Gasteiger partial charge in [0.05, 0.1) is 22.5 Å². The molecule has 1 saturated heterocycles. The predicted octanol–water partition coefficient (Wildman–Crippen LogP) is 3.18. The van der Waals surface area contributed by atoms with E-state index in [9.17, 15) is 8.42 Å². The van der Waals surface area contributed by atoms with Gasteiger partial charge >= 0.3 is 6.01 Å².